The maximum atomic E-state index is 12.9. The van der Waals surface area contributed by atoms with Crippen LogP contribution < -0.4 is 10.1 Å². The molecule has 1 saturated heterocycles. The first kappa shape index (κ1) is 23.3. The molecule has 2 aromatic rings. The lowest BCUT2D eigenvalue weighted by molar-refractivity contribution is -0.274. The van der Waals surface area contributed by atoms with Crippen molar-refractivity contribution < 1.29 is 35.9 Å². The molecule has 3 rings (SSSR count). The van der Waals surface area contributed by atoms with Crippen molar-refractivity contribution in [2.75, 3.05) is 26.3 Å². The van der Waals surface area contributed by atoms with Gasteiger partial charge in [-0.2, -0.15) is 4.31 Å². The molecule has 1 heterocycles. The Balaban J connectivity index is 1.69. The van der Waals surface area contributed by atoms with Crippen LogP contribution in [0.25, 0.3) is 0 Å². The first-order chi connectivity index (χ1) is 14.6. The number of hydrogen-bond acceptors (Lipinski definition) is 5. The number of rotatable bonds is 6. The monoisotopic (exact) mass is 478 g/mol. The zero-order chi connectivity index (χ0) is 22.6. The lowest BCUT2D eigenvalue weighted by Gasteiger charge is -2.26. The van der Waals surface area contributed by atoms with E-state index in [0.29, 0.717) is 5.56 Å². The summed E-state index contributed by atoms with van der Waals surface area (Å²) in [7, 11) is -3.90. The molecule has 0 atom stereocenters. The van der Waals surface area contributed by atoms with E-state index in [4.69, 9.17) is 16.3 Å². The fourth-order valence-electron chi connectivity index (χ4n) is 2.86. The summed E-state index contributed by atoms with van der Waals surface area (Å²) in [4.78, 5) is 12.3. The Kier molecular flexibility index (Phi) is 7.10. The fraction of sp³-hybridized carbons (Fsp3) is 0.316. The first-order valence-corrected chi connectivity index (χ1v) is 10.9. The molecule has 1 aliphatic heterocycles. The summed E-state index contributed by atoms with van der Waals surface area (Å²) in [5, 5.41) is 2.58. The zero-order valence-electron chi connectivity index (χ0n) is 16.0. The number of morpholine rings is 1. The largest absolute Gasteiger partial charge is 0.573 e. The van der Waals surface area contributed by atoms with Gasteiger partial charge in [-0.15, -0.1) is 13.2 Å². The van der Waals surface area contributed by atoms with Gasteiger partial charge in [-0.05, 0) is 35.9 Å². The summed E-state index contributed by atoms with van der Waals surface area (Å²) >= 11 is 6.08. The van der Waals surface area contributed by atoms with Crippen LogP contribution in [0.2, 0.25) is 5.02 Å². The zero-order valence-corrected chi connectivity index (χ0v) is 17.6. The fourth-order valence-corrected chi connectivity index (χ4v) is 4.77. The van der Waals surface area contributed by atoms with Crippen LogP contribution in [-0.4, -0.2) is 51.3 Å². The molecule has 2 aromatic carbocycles. The predicted octanol–water partition coefficient (Wildman–Crippen LogP) is 3.19. The maximum absolute atomic E-state index is 12.9. The molecular formula is C19H18ClF3N2O5S. The quantitative estimate of drug-likeness (QED) is 0.689. The summed E-state index contributed by atoms with van der Waals surface area (Å²) < 4.78 is 72.5. The maximum Gasteiger partial charge on any atom is 0.573 e. The van der Waals surface area contributed by atoms with Gasteiger partial charge in [0.25, 0.3) is 5.91 Å². The van der Waals surface area contributed by atoms with E-state index in [2.05, 4.69) is 10.1 Å². The highest BCUT2D eigenvalue weighted by Gasteiger charge is 2.31. The number of benzene rings is 2. The van der Waals surface area contributed by atoms with Crippen LogP contribution in [0.15, 0.2) is 47.4 Å². The van der Waals surface area contributed by atoms with Gasteiger partial charge in [0.1, 0.15) is 10.6 Å². The Hall–Kier alpha value is -2.34. The highest BCUT2D eigenvalue weighted by Crippen LogP contribution is 2.27. The summed E-state index contributed by atoms with van der Waals surface area (Å²) in [5.41, 5.74) is 0.603. The highest BCUT2D eigenvalue weighted by molar-refractivity contribution is 7.89. The van der Waals surface area contributed by atoms with Gasteiger partial charge in [-0.1, -0.05) is 23.7 Å². The van der Waals surface area contributed by atoms with Gasteiger partial charge in [0, 0.05) is 25.2 Å². The van der Waals surface area contributed by atoms with Crippen LogP contribution in [-0.2, 0) is 21.3 Å². The van der Waals surface area contributed by atoms with Crippen molar-refractivity contribution in [2.45, 2.75) is 17.8 Å². The van der Waals surface area contributed by atoms with Crippen LogP contribution in [0.1, 0.15) is 15.9 Å². The van der Waals surface area contributed by atoms with Crippen LogP contribution in [0.4, 0.5) is 13.2 Å². The van der Waals surface area contributed by atoms with Crippen molar-refractivity contribution in [1.82, 2.24) is 9.62 Å². The smallest absolute Gasteiger partial charge is 0.406 e. The van der Waals surface area contributed by atoms with E-state index in [1.807, 2.05) is 0 Å². The number of sulfonamides is 1. The molecule has 168 valence electrons. The second-order valence-electron chi connectivity index (χ2n) is 6.54. The van der Waals surface area contributed by atoms with E-state index < -0.39 is 22.3 Å². The molecule has 0 bridgehead atoms. The normalized spacial score (nSPS) is 15.5. The second kappa shape index (κ2) is 9.43. The Morgan fingerprint density at radius 1 is 1.13 bits per heavy atom. The van der Waals surface area contributed by atoms with E-state index in [1.54, 1.807) is 0 Å². The lowest BCUT2D eigenvalue weighted by atomic mass is 10.2. The predicted molar refractivity (Wildman–Crippen MR) is 105 cm³/mol. The lowest BCUT2D eigenvalue weighted by Crippen LogP contribution is -2.40. The van der Waals surface area contributed by atoms with Crippen molar-refractivity contribution in [3.63, 3.8) is 0 Å². The van der Waals surface area contributed by atoms with Crippen LogP contribution in [0.5, 0.6) is 5.75 Å². The number of hydrogen-bond donors (Lipinski definition) is 1. The van der Waals surface area contributed by atoms with Crippen molar-refractivity contribution in [3.8, 4) is 5.75 Å². The number of carbonyl (C=O) groups excluding carboxylic acids is 1. The SMILES string of the molecule is O=C(NCc1ccc(OC(F)(F)F)cc1)c1ccc(Cl)c(S(=O)(=O)N2CCOCC2)c1. The van der Waals surface area contributed by atoms with Gasteiger partial charge in [-0.3, -0.25) is 4.79 Å². The molecule has 0 saturated carbocycles. The molecule has 12 heteroatoms. The van der Waals surface area contributed by atoms with Crippen LogP contribution in [0, 0.1) is 0 Å². The van der Waals surface area contributed by atoms with Crippen molar-refractivity contribution in [2.24, 2.45) is 0 Å². The summed E-state index contributed by atoms with van der Waals surface area (Å²) in [6.07, 6.45) is -4.79. The molecule has 0 unspecified atom stereocenters. The van der Waals surface area contributed by atoms with E-state index >= 15 is 0 Å². The Bertz CT molecular complexity index is 1040. The third kappa shape index (κ3) is 6.10. The van der Waals surface area contributed by atoms with E-state index in [1.165, 1.54) is 34.6 Å². The second-order valence-corrected chi connectivity index (χ2v) is 8.85. The first-order valence-electron chi connectivity index (χ1n) is 9.06. The molecule has 1 amide bonds. The van der Waals surface area contributed by atoms with Crippen LogP contribution in [0.3, 0.4) is 0 Å². The standard InChI is InChI=1S/C19H18ClF3N2O5S/c20-16-6-3-14(11-17(16)31(27,28)25-7-9-29-10-8-25)18(26)24-12-13-1-4-15(5-2-13)30-19(21,22)23/h1-6,11H,7-10,12H2,(H,24,26). The van der Waals surface area contributed by atoms with Crippen LogP contribution >= 0.6 is 11.6 Å². The molecule has 1 aliphatic rings. The number of amides is 1. The van der Waals surface area contributed by atoms with E-state index in [-0.39, 0.29) is 54.1 Å². The molecule has 0 spiro atoms. The van der Waals surface area contributed by atoms with Gasteiger partial charge >= 0.3 is 6.36 Å². The summed E-state index contributed by atoms with van der Waals surface area (Å²) in [6.45, 7) is 0.916. The van der Waals surface area contributed by atoms with Gasteiger partial charge in [0.2, 0.25) is 10.0 Å². The number of carbonyl (C=O) groups is 1. The molecule has 0 aliphatic carbocycles. The molecule has 1 N–H and O–H groups in total. The Labute approximate surface area is 181 Å². The number of alkyl halides is 3. The molecular weight excluding hydrogens is 461 g/mol. The van der Waals surface area contributed by atoms with Crippen molar-refractivity contribution >= 4 is 27.5 Å². The Morgan fingerprint density at radius 3 is 2.39 bits per heavy atom. The topological polar surface area (TPSA) is 84.9 Å². The number of nitrogens with zero attached hydrogens (tertiary/aromatic N) is 1. The average molecular weight is 479 g/mol. The number of ether oxygens (including phenoxy) is 2. The van der Waals surface area contributed by atoms with Crippen molar-refractivity contribution in [3.05, 3.63) is 58.6 Å². The van der Waals surface area contributed by atoms with Gasteiger partial charge in [0.15, 0.2) is 0 Å². The minimum atomic E-state index is -4.79. The minimum Gasteiger partial charge on any atom is -0.406 e. The Morgan fingerprint density at radius 2 is 1.77 bits per heavy atom. The van der Waals surface area contributed by atoms with Gasteiger partial charge in [0.05, 0.1) is 18.2 Å². The molecule has 0 aromatic heterocycles. The molecule has 1 fully saturated rings. The average Bonchev–Trinajstić information content (AvgIpc) is 2.73. The van der Waals surface area contributed by atoms with Gasteiger partial charge < -0.3 is 14.8 Å². The van der Waals surface area contributed by atoms with Crippen molar-refractivity contribution in [1.29, 1.82) is 0 Å². The third-order valence-corrected chi connectivity index (χ3v) is 6.77. The summed E-state index contributed by atoms with van der Waals surface area (Å²) in [6, 6.07) is 8.91. The third-order valence-electron chi connectivity index (χ3n) is 4.39. The minimum absolute atomic E-state index is 0.0108. The molecule has 7 nitrogen and oxygen atoms in total. The highest BCUT2D eigenvalue weighted by atomic mass is 35.5. The summed E-state index contributed by atoms with van der Waals surface area (Å²) in [5.74, 6) is -0.941. The number of nitrogens with one attached hydrogen (secondary N) is 1. The van der Waals surface area contributed by atoms with E-state index in [0.717, 1.165) is 12.1 Å². The molecule has 31 heavy (non-hydrogen) atoms. The van der Waals surface area contributed by atoms with E-state index in [9.17, 15) is 26.4 Å². The molecule has 0 radical (unpaired) electrons. The number of halogens is 4. The van der Waals surface area contributed by atoms with Gasteiger partial charge in [-0.25, -0.2) is 8.42 Å².